The summed E-state index contributed by atoms with van der Waals surface area (Å²) in [5.41, 5.74) is -3.74. The number of hydrogen-bond acceptors (Lipinski definition) is 3. The van der Waals surface area contributed by atoms with Crippen LogP contribution in [-0.2, 0) is 14.8 Å². The molecule has 1 aromatic rings. The zero-order chi connectivity index (χ0) is 19.3. The number of anilines is 2. The van der Waals surface area contributed by atoms with Crippen LogP contribution >= 0.6 is 0 Å². The molecule has 1 atom stereocenters. The number of halogens is 3. The fourth-order valence-electron chi connectivity index (χ4n) is 2.64. The van der Waals surface area contributed by atoms with Gasteiger partial charge in [-0.15, -0.1) is 0 Å². The predicted octanol–water partition coefficient (Wildman–Crippen LogP) is 2.90. The van der Waals surface area contributed by atoms with Gasteiger partial charge in [0.1, 0.15) is 0 Å². The monoisotopic (exact) mass is 386 g/mol. The standard InChI is InChI=1S/C17H17F3N2O3S/c1-11(2)26(24,25)22-14-6-4-3-5-13(14)21-15(23)16(22,17(18,19)20)10-9-12-7-8-12/h3-6,11-12H,7-8H2,1-2H3,(H,21,23). The maximum atomic E-state index is 14.2. The van der Waals surface area contributed by atoms with E-state index >= 15 is 0 Å². The molecule has 9 heteroatoms. The molecule has 0 radical (unpaired) electrons. The molecule has 1 aliphatic carbocycles. The van der Waals surface area contributed by atoms with E-state index in [-0.39, 0.29) is 21.6 Å². The summed E-state index contributed by atoms with van der Waals surface area (Å²) in [6.45, 7) is 2.53. The lowest BCUT2D eigenvalue weighted by Crippen LogP contribution is -2.69. The largest absolute Gasteiger partial charge is 0.433 e. The number of nitrogens with zero attached hydrogens (tertiary/aromatic N) is 1. The van der Waals surface area contributed by atoms with Crippen molar-refractivity contribution in [1.82, 2.24) is 0 Å². The Bertz CT molecular complexity index is 911. The van der Waals surface area contributed by atoms with Gasteiger partial charge in [-0.2, -0.15) is 13.2 Å². The number of rotatable bonds is 2. The number of benzene rings is 1. The van der Waals surface area contributed by atoms with Crippen molar-refractivity contribution in [2.75, 3.05) is 9.62 Å². The second kappa shape index (κ2) is 5.91. The minimum Gasteiger partial charge on any atom is -0.321 e. The Morgan fingerprint density at radius 3 is 2.42 bits per heavy atom. The highest BCUT2D eigenvalue weighted by Gasteiger charge is 2.69. The van der Waals surface area contributed by atoms with Crippen molar-refractivity contribution in [1.29, 1.82) is 0 Å². The van der Waals surface area contributed by atoms with E-state index in [0.717, 1.165) is 0 Å². The fraction of sp³-hybridized carbons (Fsp3) is 0.471. The molecular weight excluding hydrogens is 369 g/mol. The molecule has 1 aliphatic heterocycles. The van der Waals surface area contributed by atoms with Gasteiger partial charge in [0, 0.05) is 5.92 Å². The summed E-state index contributed by atoms with van der Waals surface area (Å²) in [7, 11) is -4.51. The first-order chi connectivity index (χ1) is 12.0. The van der Waals surface area contributed by atoms with E-state index in [9.17, 15) is 26.4 Å². The highest BCUT2D eigenvalue weighted by molar-refractivity contribution is 7.93. The van der Waals surface area contributed by atoms with Crippen LogP contribution in [0.4, 0.5) is 24.5 Å². The second-order valence-electron chi connectivity index (χ2n) is 6.58. The lowest BCUT2D eigenvalue weighted by Gasteiger charge is -2.44. The Morgan fingerprint density at radius 1 is 1.27 bits per heavy atom. The van der Waals surface area contributed by atoms with Gasteiger partial charge in [-0.1, -0.05) is 24.0 Å². The third kappa shape index (κ3) is 2.72. The average Bonchev–Trinajstić information content (AvgIpc) is 3.35. The van der Waals surface area contributed by atoms with E-state index in [0.29, 0.717) is 12.8 Å². The lowest BCUT2D eigenvalue weighted by atomic mass is 9.94. The molecule has 0 aromatic heterocycles. The first-order valence-electron chi connectivity index (χ1n) is 8.06. The molecule has 1 amide bonds. The number of carbonyl (C=O) groups excluding carboxylic acids is 1. The van der Waals surface area contributed by atoms with Crippen molar-refractivity contribution in [2.24, 2.45) is 5.92 Å². The van der Waals surface area contributed by atoms with Crippen LogP contribution in [0.5, 0.6) is 0 Å². The summed E-state index contributed by atoms with van der Waals surface area (Å²) in [5.74, 6) is 2.68. The van der Waals surface area contributed by atoms with Gasteiger partial charge in [0.15, 0.2) is 0 Å². The van der Waals surface area contributed by atoms with Crippen LogP contribution in [0.15, 0.2) is 24.3 Å². The summed E-state index contributed by atoms with van der Waals surface area (Å²) in [6, 6.07) is 5.49. The highest BCUT2D eigenvalue weighted by atomic mass is 32.2. The SMILES string of the molecule is CC(C)S(=O)(=O)N1c2ccccc2NC(=O)C1(C#CC1CC1)C(F)(F)F. The van der Waals surface area contributed by atoms with Crippen LogP contribution < -0.4 is 9.62 Å². The number of sulfonamides is 1. The van der Waals surface area contributed by atoms with Crippen LogP contribution in [0.1, 0.15) is 26.7 Å². The quantitative estimate of drug-likeness (QED) is 0.795. The van der Waals surface area contributed by atoms with Gasteiger partial charge < -0.3 is 5.32 Å². The molecular formula is C17H17F3N2O3S. The van der Waals surface area contributed by atoms with E-state index < -0.39 is 32.9 Å². The van der Waals surface area contributed by atoms with Gasteiger partial charge in [-0.3, -0.25) is 4.79 Å². The van der Waals surface area contributed by atoms with Crippen molar-refractivity contribution in [3.63, 3.8) is 0 Å². The first kappa shape index (κ1) is 18.6. The lowest BCUT2D eigenvalue weighted by molar-refractivity contribution is -0.174. The van der Waals surface area contributed by atoms with E-state index in [2.05, 4.69) is 11.2 Å². The molecule has 0 bridgehead atoms. The van der Waals surface area contributed by atoms with Gasteiger partial charge in [0.25, 0.3) is 11.4 Å². The maximum absolute atomic E-state index is 14.2. The molecule has 1 unspecified atom stereocenters. The zero-order valence-corrected chi connectivity index (χ0v) is 14.9. The van der Waals surface area contributed by atoms with E-state index in [1.807, 2.05) is 5.92 Å². The van der Waals surface area contributed by atoms with Gasteiger partial charge in [0.05, 0.1) is 16.6 Å². The van der Waals surface area contributed by atoms with E-state index in [4.69, 9.17) is 0 Å². The number of alkyl halides is 3. The number of carbonyl (C=O) groups is 1. The number of hydrogen-bond donors (Lipinski definition) is 1. The summed E-state index contributed by atoms with van der Waals surface area (Å²) < 4.78 is 68.5. The topological polar surface area (TPSA) is 66.5 Å². The zero-order valence-electron chi connectivity index (χ0n) is 14.1. The molecule has 1 N–H and O–H groups in total. The molecule has 1 aromatic carbocycles. The Balaban J connectivity index is 2.36. The molecule has 1 saturated carbocycles. The van der Waals surface area contributed by atoms with Crippen LogP contribution in [-0.4, -0.2) is 31.3 Å². The van der Waals surface area contributed by atoms with E-state index in [1.54, 1.807) is 0 Å². The van der Waals surface area contributed by atoms with Crippen LogP contribution in [0.2, 0.25) is 0 Å². The van der Waals surface area contributed by atoms with Crippen molar-refractivity contribution in [2.45, 2.75) is 43.7 Å². The normalized spacial score (nSPS) is 23.2. The third-order valence-corrected chi connectivity index (χ3v) is 6.47. The van der Waals surface area contributed by atoms with Crippen LogP contribution in [0.3, 0.4) is 0 Å². The highest BCUT2D eigenvalue weighted by Crippen LogP contribution is 2.47. The van der Waals surface area contributed by atoms with Crippen molar-refractivity contribution in [3.05, 3.63) is 24.3 Å². The summed E-state index contributed by atoms with van der Waals surface area (Å²) in [6.07, 6.45) is -3.96. The van der Waals surface area contributed by atoms with Gasteiger partial charge in [0.2, 0.25) is 10.0 Å². The third-order valence-electron chi connectivity index (χ3n) is 4.30. The minimum atomic E-state index is -5.23. The number of amides is 1. The number of para-hydroxylation sites is 2. The Labute approximate surface area is 149 Å². The molecule has 26 heavy (non-hydrogen) atoms. The Hall–Kier alpha value is -2.21. The average molecular weight is 386 g/mol. The molecule has 5 nitrogen and oxygen atoms in total. The second-order valence-corrected chi connectivity index (χ2v) is 8.92. The number of nitrogens with one attached hydrogen (secondary N) is 1. The minimum absolute atomic E-state index is 0.00479. The first-order valence-corrected chi connectivity index (χ1v) is 9.56. The van der Waals surface area contributed by atoms with Crippen molar-refractivity contribution in [3.8, 4) is 11.8 Å². The molecule has 0 spiro atoms. The van der Waals surface area contributed by atoms with Crippen LogP contribution in [0.25, 0.3) is 0 Å². The van der Waals surface area contributed by atoms with Gasteiger partial charge in [-0.05, 0) is 38.8 Å². The summed E-state index contributed by atoms with van der Waals surface area (Å²) in [4.78, 5) is 12.6. The summed E-state index contributed by atoms with van der Waals surface area (Å²) in [5, 5.41) is 1.000. The molecule has 140 valence electrons. The predicted molar refractivity (Wildman–Crippen MR) is 90.9 cm³/mol. The van der Waals surface area contributed by atoms with Gasteiger partial charge in [-0.25, -0.2) is 12.7 Å². The maximum Gasteiger partial charge on any atom is 0.433 e. The van der Waals surface area contributed by atoms with E-state index in [1.165, 1.54) is 38.1 Å². The molecule has 3 rings (SSSR count). The van der Waals surface area contributed by atoms with Gasteiger partial charge >= 0.3 is 6.18 Å². The number of fused-ring (bicyclic) bond motifs is 1. The Kier molecular flexibility index (Phi) is 4.22. The molecule has 1 fully saturated rings. The fourth-order valence-corrected chi connectivity index (χ4v) is 4.11. The molecule has 2 aliphatic rings. The van der Waals surface area contributed by atoms with Crippen LogP contribution in [0, 0.1) is 17.8 Å². The smallest absolute Gasteiger partial charge is 0.321 e. The molecule has 1 heterocycles. The summed E-state index contributed by atoms with van der Waals surface area (Å²) >= 11 is 0. The molecule has 0 saturated heterocycles. The van der Waals surface area contributed by atoms with Crippen molar-refractivity contribution < 1.29 is 26.4 Å². The Morgan fingerprint density at radius 2 is 1.88 bits per heavy atom. The van der Waals surface area contributed by atoms with Crippen molar-refractivity contribution >= 4 is 27.3 Å².